The second-order valence-corrected chi connectivity index (χ2v) is 4.70. The van der Waals surface area contributed by atoms with E-state index in [1.165, 1.54) is 4.76 Å². The van der Waals surface area contributed by atoms with Crippen LogP contribution in [0.2, 0.25) is 0 Å². The molecule has 2 aliphatic rings. The molecule has 2 atom stereocenters. The average Bonchev–Trinajstić information content (AvgIpc) is 2.84. The highest BCUT2D eigenvalue weighted by Gasteiger charge is 2.33. The van der Waals surface area contributed by atoms with E-state index >= 15 is 0 Å². The lowest BCUT2D eigenvalue weighted by Crippen LogP contribution is -2.35. The van der Waals surface area contributed by atoms with Crippen molar-refractivity contribution < 1.29 is 14.3 Å². The van der Waals surface area contributed by atoms with Crippen molar-refractivity contribution in [2.24, 2.45) is 0 Å². The molecule has 0 aromatic carbocycles. The quantitative estimate of drug-likeness (QED) is 0.671. The Kier molecular flexibility index (Phi) is 3.53. The Hall–Kier alpha value is -0.970. The summed E-state index contributed by atoms with van der Waals surface area (Å²) in [5, 5.41) is 0. The summed E-state index contributed by atoms with van der Waals surface area (Å²) >= 11 is 0. The smallest absolute Gasteiger partial charge is 0.250 e. The third-order valence-corrected chi connectivity index (χ3v) is 3.55. The van der Waals surface area contributed by atoms with Gasteiger partial charge in [-0.3, -0.25) is 4.79 Å². The Bertz CT molecular complexity index is 293. The van der Waals surface area contributed by atoms with Gasteiger partial charge in [0.15, 0.2) is 6.54 Å². The summed E-state index contributed by atoms with van der Waals surface area (Å²) < 4.78 is 6.28. The van der Waals surface area contributed by atoms with Crippen LogP contribution in [0, 0.1) is 4.91 Å². The van der Waals surface area contributed by atoms with Gasteiger partial charge in [0.05, 0.1) is 0 Å². The minimum atomic E-state index is 0.0675. The largest absolute Gasteiger partial charge is 0.351 e. The summed E-state index contributed by atoms with van der Waals surface area (Å²) in [6.07, 6.45) is 3.78. The van der Waals surface area contributed by atoms with E-state index in [4.69, 9.17) is 4.74 Å². The van der Waals surface area contributed by atoms with Gasteiger partial charge in [0.25, 0.3) is 5.91 Å². The molecule has 2 unspecified atom stereocenters. The van der Waals surface area contributed by atoms with Crippen molar-refractivity contribution in [2.45, 2.75) is 44.7 Å². The zero-order chi connectivity index (χ0) is 11.5. The maximum Gasteiger partial charge on any atom is 0.250 e. The van der Waals surface area contributed by atoms with Crippen LogP contribution in [0.15, 0.2) is 0 Å². The number of amides is 1. The molecular weight excluding hydrogens is 208 g/mol. The van der Waals surface area contributed by atoms with E-state index in [1.54, 1.807) is 4.90 Å². The number of hydrogen-bond donors (Lipinski definition) is 0. The summed E-state index contributed by atoms with van der Waals surface area (Å²) in [6, 6.07) is 0.352. The minimum absolute atomic E-state index is 0.0675. The van der Waals surface area contributed by atoms with Crippen LogP contribution in [0.25, 0.3) is 0 Å². The van der Waals surface area contributed by atoms with E-state index in [9.17, 15) is 9.70 Å². The number of nitrogens with zero attached hydrogens (tertiary/aromatic N) is 2. The van der Waals surface area contributed by atoms with Crippen molar-refractivity contribution in [3.05, 3.63) is 4.91 Å². The molecule has 0 bridgehead atoms. The molecule has 2 aliphatic heterocycles. The van der Waals surface area contributed by atoms with Crippen LogP contribution >= 0.6 is 0 Å². The van der Waals surface area contributed by atoms with E-state index in [2.05, 4.69) is 0 Å². The van der Waals surface area contributed by atoms with Gasteiger partial charge in [-0.1, -0.05) is 0 Å². The highest BCUT2D eigenvalue weighted by Crippen LogP contribution is 2.19. The first-order chi connectivity index (χ1) is 7.68. The van der Waals surface area contributed by atoms with E-state index in [-0.39, 0.29) is 24.6 Å². The van der Waals surface area contributed by atoms with Gasteiger partial charge in [0, 0.05) is 35.0 Å². The molecule has 90 valence electrons. The zero-order valence-electron chi connectivity index (χ0n) is 9.72. The number of hydrogen-bond acceptors (Lipinski definition) is 3. The first-order valence-corrected chi connectivity index (χ1v) is 5.99. The number of nitroso groups, excluding NO2 is 1. The van der Waals surface area contributed by atoms with Gasteiger partial charge >= 0.3 is 0 Å². The monoisotopic (exact) mass is 227 g/mol. The molecule has 0 radical (unpaired) electrons. The molecular formula is C11H19N2O3+. The molecule has 0 spiro atoms. The maximum absolute atomic E-state index is 11.4. The standard InChI is InChI=1S/C11H19N2O3/c1-9(12-8-16-7-11(12)14)4-5-10-3-2-6-13(10)15/h9-10H,2-8H2,1H3/q+1. The first kappa shape index (κ1) is 11.5. The van der Waals surface area contributed by atoms with E-state index in [0.29, 0.717) is 13.3 Å². The van der Waals surface area contributed by atoms with Crippen molar-refractivity contribution in [1.29, 1.82) is 0 Å². The fourth-order valence-electron chi connectivity index (χ4n) is 2.45. The summed E-state index contributed by atoms with van der Waals surface area (Å²) in [7, 11) is 0. The second-order valence-electron chi connectivity index (χ2n) is 4.70. The zero-order valence-corrected chi connectivity index (χ0v) is 9.72. The third kappa shape index (κ3) is 2.40. The van der Waals surface area contributed by atoms with Crippen molar-refractivity contribution in [3.8, 4) is 0 Å². The highest BCUT2D eigenvalue weighted by atomic mass is 16.5. The molecule has 0 aliphatic carbocycles. The SMILES string of the molecule is CC(CCC1CCC[N+]1=O)N1COCC1=O. The first-order valence-electron chi connectivity index (χ1n) is 5.99. The molecule has 5 nitrogen and oxygen atoms in total. The predicted molar refractivity (Wildman–Crippen MR) is 57.9 cm³/mol. The number of carbonyl (C=O) groups excluding carboxylic acids is 1. The number of ether oxygens (including phenoxy) is 1. The molecule has 5 heteroatoms. The molecule has 0 saturated carbocycles. The Morgan fingerprint density at radius 2 is 2.44 bits per heavy atom. The maximum atomic E-state index is 11.4. The van der Waals surface area contributed by atoms with Gasteiger partial charge in [-0.25, -0.2) is 0 Å². The number of rotatable bonds is 4. The lowest BCUT2D eigenvalue weighted by molar-refractivity contribution is -0.565. The molecule has 2 rings (SSSR count). The summed E-state index contributed by atoms with van der Waals surface area (Å²) in [5.41, 5.74) is 0. The predicted octanol–water partition coefficient (Wildman–Crippen LogP) is 0.913. The molecule has 0 N–H and O–H groups in total. The van der Waals surface area contributed by atoms with E-state index < -0.39 is 0 Å². The van der Waals surface area contributed by atoms with Crippen molar-refractivity contribution in [1.82, 2.24) is 4.90 Å². The third-order valence-electron chi connectivity index (χ3n) is 3.55. The number of carbonyl (C=O) groups is 1. The van der Waals surface area contributed by atoms with Crippen LogP contribution < -0.4 is 0 Å². The Morgan fingerprint density at radius 1 is 1.62 bits per heavy atom. The Morgan fingerprint density at radius 3 is 3.00 bits per heavy atom. The van der Waals surface area contributed by atoms with Gasteiger partial charge in [0.1, 0.15) is 13.3 Å². The second kappa shape index (κ2) is 4.91. The van der Waals surface area contributed by atoms with Crippen LogP contribution in [0.5, 0.6) is 0 Å². The lowest BCUT2D eigenvalue weighted by Gasteiger charge is -2.22. The topological polar surface area (TPSA) is 49.6 Å². The molecule has 16 heavy (non-hydrogen) atoms. The molecule has 1 amide bonds. The molecule has 2 fully saturated rings. The van der Waals surface area contributed by atoms with Crippen molar-refractivity contribution in [2.75, 3.05) is 19.9 Å². The van der Waals surface area contributed by atoms with Crippen molar-refractivity contribution in [3.63, 3.8) is 0 Å². The van der Waals surface area contributed by atoms with Crippen LogP contribution in [0.3, 0.4) is 0 Å². The van der Waals surface area contributed by atoms with Gasteiger partial charge in [-0.05, 0) is 13.3 Å². The molecule has 2 heterocycles. The highest BCUT2D eigenvalue weighted by molar-refractivity contribution is 5.78. The van der Waals surface area contributed by atoms with Crippen LogP contribution in [0.4, 0.5) is 0 Å². The Labute approximate surface area is 95.3 Å². The van der Waals surface area contributed by atoms with Gasteiger partial charge in [-0.15, -0.1) is 0 Å². The van der Waals surface area contributed by atoms with Gasteiger partial charge in [-0.2, -0.15) is 0 Å². The summed E-state index contributed by atoms with van der Waals surface area (Å²) in [5.74, 6) is 0.0675. The van der Waals surface area contributed by atoms with Gasteiger partial charge < -0.3 is 9.64 Å². The average molecular weight is 227 g/mol. The van der Waals surface area contributed by atoms with Crippen LogP contribution in [-0.4, -0.2) is 47.5 Å². The normalized spacial score (nSPS) is 27.8. The van der Waals surface area contributed by atoms with E-state index in [0.717, 1.165) is 25.7 Å². The minimum Gasteiger partial charge on any atom is -0.351 e. The van der Waals surface area contributed by atoms with Crippen molar-refractivity contribution >= 4 is 5.91 Å². The Balaban J connectivity index is 1.76. The molecule has 0 aromatic rings. The summed E-state index contributed by atoms with van der Waals surface area (Å²) in [4.78, 5) is 24.5. The molecule has 0 aromatic heterocycles. The molecule has 2 saturated heterocycles. The van der Waals surface area contributed by atoms with E-state index in [1.807, 2.05) is 6.92 Å². The fraction of sp³-hybridized carbons (Fsp3) is 0.909. The van der Waals surface area contributed by atoms with Gasteiger partial charge in [0.2, 0.25) is 6.04 Å². The van der Waals surface area contributed by atoms with Crippen LogP contribution in [-0.2, 0) is 9.53 Å². The summed E-state index contributed by atoms with van der Waals surface area (Å²) in [6.45, 7) is 3.31. The fourth-order valence-corrected chi connectivity index (χ4v) is 2.45. The lowest BCUT2D eigenvalue weighted by atomic mass is 10.1. The van der Waals surface area contributed by atoms with Crippen LogP contribution in [0.1, 0.15) is 32.6 Å².